The van der Waals surface area contributed by atoms with E-state index in [4.69, 9.17) is 4.42 Å². The van der Waals surface area contributed by atoms with Gasteiger partial charge in [-0.3, -0.25) is 24.6 Å². The molecule has 9 heteroatoms. The third-order valence-electron chi connectivity index (χ3n) is 5.53. The maximum absolute atomic E-state index is 12.5. The van der Waals surface area contributed by atoms with Gasteiger partial charge in [0, 0.05) is 32.6 Å². The number of nitrogens with zero attached hydrogens (tertiary/aromatic N) is 4. The van der Waals surface area contributed by atoms with E-state index in [9.17, 15) is 14.4 Å². The molecular weight excluding hydrogens is 386 g/mol. The van der Waals surface area contributed by atoms with Crippen LogP contribution in [0, 0.1) is 12.8 Å². The van der Waals surface area contributed by atoms with Crippen LogP contribution in [0.4, 0.5) is 5.95 Å². The Bertz CT molecular complexity index is 964. The van der Waals surface area contributed by atoms with Gasteiger partial charge < -0.3 is 9.32 Å². The van der Waals surface area contributed by atoms with Crippen LogP contribution in [0.2, 0.25) is 0 Å². The number of Topliss-reactive ketones (excluding diaryl/α,β-unsaturated/α-hetero) is 1. The molecule has 1 N–H and O–H groups in total. The van der Waals surface area contributed by atoms with E-state index in [1.165, 1.54) is 6.26 Å². The number of anilines is 1. The zero-order chi connectivity index (χ0) is 21.3. The van der Waals surface area contributed by atoms with Gasteiger partial charge >= 0.3 is 0 Å². The first kappa shape index (κ1) is 20.2. The molecule has 0 bridgehead atoms. The standard InChI is InChI=1S/C21H25N5O4/c1-13-10-15-19(16(27)11-13)14(2)22-21(23-15)24-18(28)12-25-5-7-26(8-6-25)20(29)17-4-3-9-30-17/h3-4,9,13H,5-8,10-12H2,1-2H3,(H,22,23,24,28)/t13-/m1/s1. The van der Waals surface area contributed by atoms with Gasteiger partial charge in [-0.2, -0.15) is 0 Å². The molecule has 1 aliphatic heterocycles. The number of carbonyl (C=O) groups is 3. The highest BCUT2D eigenvalue weighted by molar-refractivity contribution is 5.99. The molecule has 0 unspecified atom stereocenters. The first-order valence-electron chi connectivity index (χ1n) is 10.2. The van der Waals surface area contributed by atoms with E-state index in [1.54, 1.807) is 24.0 Å². The number of hydrogen-bond donors (Lipinski definition) is 1. The molecule has 1 fully saturated rings. The molecule has 0 spiro atoms. The molecule has 1 atom stereocenters. The molecule has 0 aromatic carbocycles. The Morgan fingerprint density at radius 3 is 2.67 bits per heavy atom. The minimum absolute atomic E-state index is 0.0705. The molecule has 9 nitrogen and oxygen atoms in total. The number of carbonyl (C=O) groups excluding carboxylic acids is 3. The topological polar surface area (TPSA) is 109 Å². The van der Waals surface area contributed by atoms with Crippen LogP contribution in [-0.2, 0) is 11.2 Å². The summed E-state index contributed by atoms with van der Waals surface area (Å²) in [6.45, 7) is 6.23. The van der Waals surface area contributed by atoms with Crippen LogP contribution in [0.25, 0.3) is 0 Å². The number of furan rings is 1. The first-order valence-corrected chi connectivity index (χ1v) is 10.2. The maximum atomic E-state index is 12.5. The number of amides is 2. The summed E-state index contributed by atoms with van der Waals surface area (Å²) in [5.74, 6) is 0.531. The van der Waals surface area contributed by atoms with E-state index in [1.807, 2.05) is 11.8 Å². The number of fused-ring (bicyclic) bond motifs is 1. The normalized spacial score (nSPS) is 19.5. The summed E-state index contributed by atoms with van der Waals surface area (Å²) in [5, 5.41) is 2.76. The molecular formula is C21H25N5O4. The lowest BCUT2D eigenvalue weighted by Crippen LogP contribution is -2.50. The monoisotopic (exact) mass is 411 g/mol. The van der Waals surface area contributed by atoms with Gasteiger partial charge in [0.05, 0.1) is 29.8 Å². The molecule has 1 aliphatic carbocycles. The maximum Gasteiger partial charge on any atom is 0.289 e. The van der Waals surface area contributed by atoms with Gasteiger partial charge in [0.15, 0.2) is 11.5 Å². The fourth-order valence-corrected chi connectivity index (χ4v) is 4.05. The predicted octanol–water partition coefficient (Wildman–Crippen LogP) is 1.54. The van der Waals surface area contributed by atoms with Crippen LogP contribution in [0.1, 0.15) is 45.6 Å². The van der Waals surface area contributed by atoms with Crippen LogP contribution in [0.5, 0.6) is 0 Å². The summed E-state index contributed by atoms with van der Waals surface area (Å²) in [5.41, 5.74) is 1.92. The van der Waals surface area contributed by atoms with Crippen molar-refractivity contribution in [2.45, 2.75) is 26.7 Å². The highest BCUT2D eigenvalue weighted by Crippen LogP contribution is 2.26. The predicted molar refractivity (Wildman–Crippen MR) is 108 cm³/mol. The Kier molecular flexibility index (Phi) is 5.63. The van der Waals surface area contributed by atoms with Crippen molar-refractivity contribution in [2.24, 2.45) is 5.92 Å². The quantitative estimate of drug-likeness (QED) is 0.813. The van der Waals surface area contributed by atoms with Crippen molar-refractivity contribution in [1.82, 2.24) is 19.8 Å². The third kappa shape index (κ3) is 4.25. The van der Waals surface area contributed by atoms with Gasteiger partial charge in [0.25, 0.3) is 5.91 Å². The summed E-state index contributed by atoms with van der Waals surface area (Å²) < 4.78 is 5.16. The molecule has 2 amide bonds. The smallest absolute Gasteiger partial charge is 0.289 e. The second kappa shape index (κ2) is 8.35. The molecule has 2 aromatic rings. The lowest BCUT2D eigenvalue weighted by Gasteiger charge is -2.33. The minimum Gasteiger partial charge on any atom is -0.459 e. The fraction of sp³-hybridized carbons (Fsp3) is 0.476. The Hall–Kier alpha value is -3.07. The molecule has 30 heavy (non-hydrogen) atoms. The minimum atomic E-state index is -0.213. The number of ketones is 1. The number of piperazine rings is 1. The van der Waals surface area contributed by atoms with Gasteiger partial charge in [0.2, 0.25) is 11.9 Å². The highest BCUT2D eigenvalue weighted by Gasteiger charge is 2.28. The number of aryl methyl sites for hydroxylation is 1. The third-order valence-corrected chi connectivity index (χ3v) is 5.53. The van der Waals surface area contributed by atoms with Gasteiger partial charge in [-0.1, -0.05) is 6.92 Å². The molecule has 4 rings (SSSR count). The molecule has 158 valence electrons. The van der Waals surface area contributed by atoms with Crippen molar-refractivity contribution in [3.63, 3.8) is 0 Å². The molecule has 0 radical (unpaired) electrons. The Morgan fingerprint density at radius 1 is 1.20 bits per heavy atom. The summed E-state index contributed by atoms with van der Waals surface area (Å²) in [6, 6.07) is 3.34. The van der Waals surface area contributed by atoms with Gasteiger partial charge in [-0.15, -0.1) is 0 Å². The van der Waals surface area contributed by atoms with E-state index < -0.39 is 0 Å². The Balaban J connectivity index is 1.32. The first-order chi connectivity index (χ1) is 14.4. The molecule has 2 aliphatic rings. The summed E-state index contributed by atoms with van der Waals surface area (Å²) in [6.07, 6.45) is 2.70. The second-order valence-electron chi connectivity index (χ2n) is 7.98. The lowest BCUT2D eigenvalue weighted by atomic mass is 9.86. The van der Waals surface area contributed by atoms with Crippen molar-refractivity contribution < 1.29 is 18.8 Å². The van der Waals surface area contributed by atoms with Crippen molar-refractivity contribution in [2.75, 3.05) is 38.0 Å². The molecule has 3 heterocycles. The lowest BCUT2D eigenvalue weighted by molar-refractivity contribution is -0.117. The van der Waals surface area contributed by atoms with E-state index >= 15 is 0 Å². The van der Waals surface area contributed by atoms with E-state index in [0.717, 1.165) is 0 Å². The highest BCUT2D eigenvalue weighted by atomic mass is 16.3. The largest absolute Gasteiger partial charge is 0.459 e. The zero-order valence-corrected chi connectivity index (χ0v) is 17.2. The van der Waals surface area contributed by atoms with Crippen LogP contribution >= 0.6 is 0 Å². The van der Waals surface area contributed by atoms with E-state index in [2.05, 4.69) is 15.3 Å². The zero-order valence-electron chi connectivity index (χ0n) is 17.2. The van der Waals surface area contributed by atoms with Crippen molar-refractivity contribution >= 4 is 23.5 Å². The fourth-order valence-electron chi connectivity index (χ4n) is 4.05. The van der Waals surface area contributed by atoms with E-state index in [-0.39, 0.29) is 36.0 Å². The van der Waals surface area contributed by atoms with Crippen molar-refractivity contribution in [3.8, 4) is 0 Å². The van der Waals surface area contributed by atoms with Crippen LogP contribution < -0.4 is 5.32 Å². The SMILES string of the molecule is Cc1nc(NC(=O)CN2CCN(C(=O)c3ccco3)CC2)nc2c1C(=O)C[C@H](C)C2. The number of aromatic nitrogens is 2. The summed E-state index contributed by atoms with van der Waals surface area (Å²) in [7, 11) is 0. The molecule has 1 saturated heterocycles. The van der Waals surface area contributed by atoms with Crippen LogP contribution in [0.3, 0.4) is 0 Å². The van der Waals surface area contributed by atoms with Crippen LogP contribution in [0.15, 0.2) is 22.8 Å². The molecule has 0 saturated carbocycles. The van der Waals surface area contributed by atoms with Gasteiger partial charge in [-0.05, 0) is 31.4 Å². The van der Waals surface area contributed by atoms with Crippen molar-refractivity contribution in [3.05, 3.63) is 41.1 Å². The Morgan fingerprint density at radius 2 is 1.97 bits per heavy atom. The number of hydrogen-bond acceptors (Lipinski definition) is 7. The van der Waals surface area contributed by atoms with Gasteiger partial charge in [-0.25, -0.2) is 9.97 Å². The average Bonchev–Trinajstić information content (AvgIpc) is 3.21. The Labute approximate surface area is 174 Å². The average molecular weight is 411 g/mol. The summed E-state index contributed by atoms with van der Waals surface area (Å²) in [4.78, 5) is 49.5. The van der Waals surface area contributed by atoms with E-state index in [0.29, 0.717) is 61.7 Å². The van der Waals surface area contributed by atoms with Gasteiger partial charge in [0.1, 0.15) is 0 Å². The summed E-state index contributed by atoms with van der Waals surface area (Å²) >= 11 is 0. The second-order valence-corrected chi connectivity index (χ2v) is 7.98. The van der Waals surface area contributed by atoms with Crippen molar-refractivity contribution in [1.29, 1.82) is 0 Å². The van der Waals surface area contributed by atoms with Crippen LogP contribution in [-0.4, -0.2) is 70.1 Å². The number of nitrogens with one attached hydrogen (secondary N) is 1. The number of rotatable bonds is 4. The molecule has 2 aromatic heterocycles.